The summed E-state index contributed by atoms with van der Waals surface area (Å²) in [4.78, 5) is 6.67. The van der Waals surface area contributed by atoms with Gasteiger partial charge in [0, 0.05) is 18.5 Å². The highest BCUT2D eigenvalue weighted by Gasteiger charge is 2.40. The second-order valence-corrected chi connectivity index (χ2v) is 7.13. The van der Waals surface area contributed by atoms with Crippen molar-refractivity contribution in [2.45, 2.75) is 51.7 Å². The Morgan fingerprint density at radius 3 is 2.45 bits per heavy atom. The van der Waals surface area contributed by atoms with Crippen molar-refractivity contribution in [2.24, 2.45) is 0 Å². The van der Waals surface area contributed by atoms with Gasteiger partial charge in [0.05, 0.1) is 16.8 Å². The molecule has 5 nitrogen and oxygen atoms in total. The smallest absolute Gasteiger partial charge is 0.422 e. The zero-order valence-corrected chi connectivity index (χ0v) is 13.4. The van der Waals surface area contributed by atoms with Gasteiger partial charge in [-0.15, -0.1) is 11.3 Å². The van der Waals surface area contributed by atoms with Gasteiger partial charge in [0.1, 0.15) is 0 Å². The van der Waals surface area contributed by atoms with E-state index >= 15 is 0 Å². The SMILES string of the molecule is CC(C)(O)C(C)(C)OB(O)c1csc(N2CCCC2)n1. The van der Waals surface area contributed by atoms with E-state index in [0.717, 1.165) is 18.2 Å². The fourth-order valence-corrected chi connectivity index (χ4v) is 2.81. The molecule has 0 aliphatic carbocycles. The van der Waals surface area contributed by atoms with Crippen LogP contribution in [0.15, 0.2) is 5.38 Å². The Balaban J connectivity index is 2.04. The lowest BCUT2D eigenvalue weighted by Crippen LogP contribution is -2.53. The van der Waals surface area contributed by atoms with Crippen molar-refractivity contribution in [1.82, 2.24) is 4.98 Å². The van der Waals surface area contributed by atoms with E-state index in [9.17, 15) is 10.1 Å². The molecule has 0 saturated carbocycles. The number of thiazole rings is 1. The van der Waals surface area contributed by atoms with Gasteiger partial charge in [-0.05, 0) is 40.5 Å². The van der Waals surface area contributed by atoms with Gasteiger partial charge in [-0.1, -0.05) is 0 Å². The monoisotopic (exact) mass is 298 g/mol. The Morgan fingerprint density at radius 2 is 1.90 bits per heavy atom. The van der Waals surface area contributed by atoms with Crippen LogP contribution < -0.4 is 10.5 Å². The normalized spacial score (nSPS) is 16.8. The van der Waals surface area contributed by atoms with Gasteiger partial charge in [0.2, 0.25) is 0 Å². The molecule has 7 heteroatoms. The Labute approximate surface area is 124 Å². The zero-order chi connectivity index (χ0) is 15.0. The topological polar surface area (TPSA) is 65.8 Å². The molecule has 2 heterocycles. The molecule has 0 atom stereocenters. The van der Waals surface area contributed by atoms with Crippen LogP contribution in [0.1, 0.15) is 40.5 Å². The molecule has 0 aromatic carbocycles. The number of anilines is 1. The number of nitrogens with zero attached hydrogens (tertiary/aromatic N) is 2. The molecule has 112 valence electrons. The first-order valence-electron chi connectivity index (χ1n) is 6.99. The Morgan fingerprint density at radius 1 is 1.30 bits per heavy atom. The van der Waals surface area contributed by atoms with Crippen LogP contribution in [-0.4, -0.2) is 46.5 Å². The second kappa shape index (κ2) is 5.64. The second-order valence-electron chi connectivity index (χ2n) is 6.29. The molecule has 20 heavy (non-hydrogen) atoms. The van der Waals surface area contributed by atoms with E-state index in [1.165, 1.54) is 24.2 Å². The molecule has 0 bridgehead atoms. The largest absolute Gasteiger partial charge is 0.512 e. The van der Waals surface area contributed by atoms with Crippen molar-refractivity contribution in [2.75, 3.05) is 18.0 Å². The third kappa shape index (κ3) is 3.34. The van der Waals surface area contributed by atoms with Gasteiger partial charge in [0.25, 0.3) is 0 Å². The molecule has 2 rings (SSSR count). The average molecular weight is 298 g/mol. The van der Waals surface area contributed by atoms with Crippen LogP contribution in [0.2, 0.25) is 0 Å². The molecular weight excluding hydrogens is 275 g/mol. The lowest BCUT2D eigenvalue weighted by atomic mass is 9.81. The fourth-order valence-electron chi connectivity index (χ4n) is 1.93. The minimum atomic E-state index is -1.12. The molecule has 2 N–H and O–H groups in total. The van der Waals surface area contributed by atoms with Gasteiger partial charge >= 0.3 is 7.12 Å². The van der Waals surface area contributed by atoms with Crippen molar-refractivity contribution in [3.8, 4) is 0 Å². The molecule has 1 aromatic heterocycles. The molecule has 0 radical (unpaired) electrons. The highest BCUT2D eigenvalue weighted by molar-refractivity contribution is 7.14. The summed E-state index contributed by atoms with van der Waals surface area (Å²) in [6.45, 7) is 8.89. The summed E-state index contributed by atoms with van der Waals surface area (Å²) in [7, 11) is -1.12. The van der Waals surface area contributed by atoms with Crippen LogP contribution in [-0.2, 0) is 4.65 Å². The predicted octanol–water partition coefficient (Wildman–Crippen LogP) is 0.997. The number of aromatic nitrogens is 1. The summed E-state index contributed by atoms with van der Waals surface area (Å²) >= 11 is 1.52. The van der Waals surface area contributed by atoms with Crippen LogP contribution in [0.25, 0.3) is 0 Å². The summed E-state index contributed by atoms with van der Waals surface area (Å²) in [6.07, 6.45) is 2.39. The maximum Gasteiger partial charge on any atom is 0.512 e. The van der Waals surface area contributed by atoms with Crippen molar-refractivity contribution >= 4 is 29.2 Å². The van der Waals surface area contributed by atoms with E-state index in [1.54, 1.807) is 27.7 Å². The molecule has 1 aromatic rings. The lowest BCUT2D eigenvalue weighted by molar-refractivity contribution is -0.0983. The highest BCUT2D eigenvalue weighted by Crippen LogP contribution is 2.26. The molecular formula is C13H23BN2O3S. The summed E-state index contributed by atoms with van der Waals surface area (Å²) in [5.41, 5.74) is -1.42. The minimum Gasteiger partial charge on any atom is -0.422 e. The summed E-state index contributed by atoms with van der Waals surface area (Å²) < 4.78 is 5.60. The first kappa shape index (κ1) is 15.8. The van der Waals surface area contributed by atoms with E-state index in [-0.39, 0.29) is 0 Å². The van der Waals surface area contributed by atoms with Crippen molar-refractivity contribution in [3.05, 3.63) is 5.38 Å². The summed E-state index contributed by atoms with van der Waals surface area (Å²) in [5.74, 6) is 0. The molecule has 0 amide bonds. The third-order valence-electron chi connectivity index (χ3n) is 4.02. The van der Waals surface area contributed by atoms with Crippen LogP contribution in [0, 0.1) is 0 Å². The zero-order valence-electron chi connectivity index (χ0n) is 12.6. The Kier molecular flexibility index (Phi) is 4.44. The first-order chi connectivity index (χ1) is 9.21. The minimum absolute atomic E-state index is 0.509. The van der Waals surface area contributed by atoms with E-state index in [4.69, 9.17) is 4.65 Å². The standard InChI is InChI=1S/C13H23BN2O3S/c1-12(2,17)13(3,4)19-14(18)10-9-20-11(15-10)16-7-5-6-8-16/h9,17-18H,5-8H2,1-4H3. The maximum absolute atomic E-state index is 10.2. The van der Waals surface area contributed by atoms with Gasteiger partial charge in [-0.25, -0.2) is 4.98 Å². The summed E-state index contributed by atoms with van der Waals surface area (Å²) in [5, 5.41) is 23.0. The molecule has 1 aliphatic rings. The van der Waals surface area contributed by atoms with E-state index in [1.807, 2.05) is 5.38 Å². The average Bonchev–Trinajstić information content (AvgIpc) is 2.98. The van der Waals surface area contributed by atoms with Crippen molar-refractivity contribution in [1.29, 1.82) is 0 Å². The lowest BCUT2D eigenvalue weighted by Gasteiger charge is -2.38. The quantitative estimate of drug-likeness (QED) is 0.794. The fraction of sp³-hybridized carbons (Fsp3) is 0.769. The van der Waals surface area contributed by atoms with E-state index in [0.29, 0.717) is 5.59 Å². The Bertz CT molecular complexity index is 453. The first-order valence-corrected chi connectivity index (χ1v) is 7.87. The number of aliphatic hydroxyl groups is 1. The number of rotatable bonds is 5. The molecule has 1 aliphatic heterocycles. The maximum atomic E-state index is 10.2. The van der Waals surface area contributed by atoms with Crippen molar-refractivity contribution in [3.63, 3.8) is 0 Å². The summed E-state index contributed by atoms with van der Waals surface area (Å²) in [6, 6.07) is 0. The van der Waals surface area contributed by atoms with Crippen LogP contribution in [0.4, 0.5) is 5.13 Å². The van der Waals surface area contributed by atoms with Gasteiger partial charge in [-0.3, -0.25) is 0 Å². The Hall–Kier alpha value is -0.625. The predicted molar refractivity (Wildman–Crippen MR) is 82.6 cm³/mol. The van der Waals surface area contributed by atoms with Crippen LogP contribution >= 0.6 is 11.3 Å². The number of hydrogen-bond donors (Lipinski definition) is 2. The van der Waals surface area contributed by atoms with E-state index in [2.05, 4.69) is 9.88 Å². The molecule has 0 spiro atoms. The molecule has 1 fully saturated rings. The van der Waals surface area contributed by atoms with Crippen LogP contribution in [0.3, 0.4) is 0 Å². The molecule has 0 unspecified atom stereocenters. The third-order valence-corrected chi connectivity index (χ3v) is 4.94. The van der Waals surface area contributed by atoms with Crippen LogP contribution in [0.5, 0.6) is 0 Å². The highest BCUT2D eigenvalue weighted by atomic mass is 32.1. The van der Waals surface area contributed by atoms with E-state index < -0.39 is 18.3 Å². The van der Waals surface area contributed by atoms with Gasteiger partial charge in [-0.2, -0.15) is 0 Å². The van der Waals surface area contributed by atoms with Gasteiger partial charge < -0.3 is 19.7 Å². The van der Waals surface area contributed by atoms with Gasteiger partial charge in [0.15, 0.2) is 5.13 Å². The number of hydrogen-bond acceptors (Lipinski definition) is 6. The van der Waals surface area contributed by atoms with Crippen molar-refractivity contribution < 1.29 is 14.8 Å². The molecule has 1 saturated heterocycles.